The highest BCUT2D eigenvalue weighted by atomic mass is 35.5. The number of nitrogens with zero attached hydrogens (tertiary/aromatic N) is 2. The van der Waals surface area contributed by atoms with Crippen molar-refractivity contribution in [3.63, 3.8) is 0 Å². The molecule has 1 saturated heterocycles. The highest BCUT2D eigenvalue weighted by Gasteiger charge is 2.20. The van der Waals surface area contributed by atoms with Crippen LogP contribution < -0.4 is 10.3 Å². The molecule has 0 aliphatic carbocycles. The van der Waals surface area contributed by atoms with Crippen molar-refractivity contribution in [3.05, 3.63) is 63.7 Å². The van der Waals surface area contributed by atoms with E-state index >= 15 is 4.39 Å². The van der Waals surface area contributed by atoms with Crippen LogP contribution in [-0.2, 0) is 0 Å². The Morgan fingerprint density at radius 1 is 1.16 bits per heavy atom. The molecular weight excluding hydrogens is 433 g/mol. The van der Waals surface area contributed by atoms with E-state index in [0.717, 1.165) is 5.39 Å². The van der Waals surface area contributed by atoms with Crippen LogP contribution >= 0.6 is 11.6 Å². The second kappa shape index (κ2) is 9.14. The van der Waals surface area contributed by atoms with E-state index in [9.17, 15) is 9.90 Å². The second-order valence-corrected chi connectivity index (χ2v) is 8.15. The maximum Gasteiger partial charge on any atom is 0.296 e. The zero-order valence-electron chi connectivity index (χ0n) is 17.8. The first kappa shape index (κ1) is 22.0. The molecule has 0 spiro atoms. The first-order valence-electron chi connectivity index (χ1n) is 10.3. The number of fused-ring (bicyclic) bond motifs is 2. The predicted octanol–water partition coefficient (Wildman–Crippen LogP) is 4.96. The largest absolute Gasteiger partial charge is 0.508 e. The van der Waals surface area contributed by atoms with Crippen LogP contribution in [0.4, 0.5) is 4.39 Å². The molecule has 32 heavy (non-hydrogen) atoms. The van der Waals surface area contributed by atoms with Crippen molar-refractivity contribution < 1.29 is 14.2 Å². The second-order valence-electron chi connectivity index (χ2n) is 7.74. The molecule has 0 bridgehead atoms. The number of nitrogens with one attached hydrogen (secondary N) is 1. The number of aromatic amines is 1. The standard InChI is InChI=1S/C19H12ClFN2O3.C5H11N/c1-26-19-22-17-13(18(25)23-19)8-14(20)15(16(17)21)12-7-10(24)6-9-4-2-3-5-11(9)12;1-6-4-2-3-5-6/h2-8,24H,1H3,(H,22,23,25);2-5H2,1H3. The molecule has 5 rings (SSSR count). The van der Waals surface area contributed by atoms with E-state index < -0.39 is 11.4 Å². The van der Waals surface area contributed by atoms with Crippen molar-refractivity contribution >= 4 is 33.3 Å². The number of aromatic hydroxyl groups is 1. The highest BCUT2D eigenvalue weighted by molar-refractivity contribution is 6.34. The van der Waals surface area contributed by atoms with Gasteiger partial charge in [-0.3, -0.25) is 9.78 Å². The fraction of sp³-hybridized carbons (Fsp3) is 0.250. The Kier molecular flexibility index (Phi) is 6.30. The molecule has 0 atom stereocenters. The van der Waals surface area contributed by atoms with Gasteiger partial charge in [-0.1, -0.05) is 35.9 Å². The molecule has 8 heteroatoms. The number of methoxy groups -OCH3 is 1. The zero-order valence-corrected chi connectivity index (χ0v) is 18.5. The smallest absolute Gasteiger partial charge is 0.296 e. The Balaban J connectivity index is 0.000000354. The lowest BCUT2D eigenvalue weighted by Gasteiger charge is -2.13. The molecule has 2 N–H and O–H groups in total. The molecular formula is C24H23ClFN3O3. The number of hydrogen-bond donors (Lipinski definition) is 2. The lowest BCUT2D eigenvalue weighted by atomic mass is 9.96. The van der Waals surface area contributed by atoms with Crippen molar-refractivity contribution in [2.45, 2.75) is 12.8 Å². The molecule has 4 aromatic rings. The predicted molar refractivity (Wildman–Crippen MR) is 125 cm³/mol. The third-order valence-electron chi connectivity index (χ3n) is 5.51. The maximum absolute atomic E-state index is 15.3. The SMILES string of the molecule is CN1CCCC1.COc1nc2c(F)c(-c3cc(O)cc4ccccc34)c(Cl)cc2c(=O)[nH]1. The highest BCUT2D eigenvalue weighted by Crippen LogP contribution is 2.40. The average Bonchev–Trinajstić information content (AvgIpc) is 3.25. The minimum Gasteiger partial charge on any atom is -0.508 e. The Hall–Kier alpha value is -3.16. The molecule has 1 fully saturated rings. The molecule has 0 amide bonds. The summed E-state index contributed by atoms with van der Waals surface area (Å²) in [7, 11) is 3.49. The first-order valence-corrected chi connectivity index (χ1v) is 10.6. The van der Waals surface area contributed by atoms with Gasteiger partial charge in [0.15, 0.2) is 5.82 Å². The molecule has 1 aliphatic heterocycles. The topological polar surface area (TPSA) is 78.5 Å². The van der Waals surface area contributed by atoms with Crippen LogP contribution in [0.25, 0.3) is 32.8 Å². The Labute approximate surface area is 189 Å². The van der Waals surface area contributed by atoms with Gasteiger partial charge in [0.1, 0.15) is 11.3 Å². The normalized spacial score (nSPS) is 13.9. The van der Waals surface area contributed by atoms with Gasteiger partial charge in [0.25, 0.3) is 11.6 Å². The third kappa shape index (κ3) is 4.26. The summed E-state index contributed by atoms with van der Waals surface area (Å²) >= 11 is 6.31. The van der Waals surface area contributed by atoms with Gasteiger partial charge in [-0.15, -0.1) is 0 Å². The average molecular weight is 456 g/mol. The van der Waals surface area contributed by atoms with E-state index in [1.54, 1.807) is 18.2 Å². The van der Waals surface area contributed by atoms with Gasteiger partial charge in [-0.05, 0) is 67.5 Å². The van der Waals surface area contributed by atoms with Crippen LogP contribution in [0.3, 0.4) is 0 Å². The molecule has 0 saturated carbocycles. The van der Waals surface area contributed by atoms with Crippen LogP contribution in [0.15, 0.2) is 47.3 Å². The number of H-pyrrole nitrogens is 1. The molecule has 1 aliphatic rings. The molecule has 3 aromatic carbocycles. The Bertz CT molecular complexity index is 1350. The number of halogens is 2. The number of aromatic nitrogens is 2. The molecule has 0 unspecified atom stereocenters. The van der Waals surface area contributed by atoms with E-state index in [4.69, 9.17) is 16.3 Å². The zero-order chi connectivity index (χ0) is 22.8. The summed E-state index contributed by atoms with van der Waals surface area (Å²) in [5, 5.41) is 11.5. The Morgan fingerprint density at radius 2 is 1.88 bits per heavy atom. The lowest BCUT2D eigenvalue weighted by Crippen LogP contribution is -2.11. The number of benzene rings is 3. The van der Waals surface area contributed by atoms with Gasteiger partial charge in [0.2, 0.25) is 0 Å². The van der Waals surface area contributed by atoms with Gasteiger partial charge in [0, 0.05) is 5.56 Å². The fourth-order valence-electron chi connectivity index (χ4n) is 3.91. The van der Waals surface area contributed by atoms with E-state index in [1.807, 2.05) is 12.1 Å². The Morgan fingerprint density at radius 3 is 2.53 bits per heavy atom. The van der Waals surface area contributed by atoms with E-state index in [0.29, 0.717) is 10.9 Å². The quantitative estimate of drug-likeness (QED) is 0.446. The molecule has 1 aromatic heterocycles. The molecule has 166 valence electrons. The number of ether oxygens (including phenoxy) is 1. The van der Waals surface area contributed by atoms with Gasteiger partial charge >= 0.3 is 0 Å². The van der Waals surface area contributed by atoms with Crippen molar-refractivity contribution in [1.82, 2.24) is 14.9 Å². The van der Waals surface area contributed by atoms with Crippen LogP contribution in [0, 0.1) is 5.82 Å². The number of phenols is 1. The molecule has 6 nitrogen and oxygen atoms in total. The summed E-state index contributed by atoms with van der Waals surface area (Å²) in [5.41, 5.74) is -0.241. The van der Waals surface area contributed by atoms with Crippen LogP contribution in [0.5, 0.6) is 11.8 Å². The minimum atomic E-state index is -0.757. The molecule has 0 radical (unpaired) electrons. The van der Waals surface area contributed by atoms with Gasteiger partial charge in [0.05, 0.1) is 17.5 Å². The van der Waals surface area contributed by atoms with Gasteiger partial charge < -0.3 is 14.7 Å². The summed E-state index contributed by atoms with van der Waals surface area (Å²) in [6.45, 7) is 2.64. The van der Waals surface area contributed by atoms with Crippen molar-refractivity contribution in [2.24, 2.45) is 0 Å². The number of hydrogen-bond acceptors (Lipinski definition) is 5. The van der Waals surface area contributed by atoms with Crippen LogP contribution in [0.2, 0.25) is 5.02 Å². The summed E-state index contributed by atoms with van der Waals surface area (Å²) in [6.07, 6.45) is 2.83. The van der Waals surface area contributed by atoms with Crippen LogP contribution in [-0.4, -0.2) is 47.2 Å². The van der Waals surface area contributed by atoms with E-state index in [1.165, 1.54) is 45.2 Å². The lowest BCUT2D eigenvalue weighted by molar-refractivity contribution is 0.380. The van der Waals surface area contributed by atoms with Crippen molar-refractivity contribution in [1.29, 1.82) is 0 Å². The monoisotopic (exact) mass is 455 g/mol. The number of likely N-dealkylation sites (tertiary alicyclic amines) is 1. The minimum absolute atomic E-state index is 0.0153. The summed E-state index contributed by atoms with van der Waals surface area (Å²) < 4.78 is 20.3. The summed E-state index contributed by atoms with van der Waals surface area (Å²) in [6, 6.07) is 11.5. The van der Waals surface area contributed by atoms with E-state index in [2.05, 4.69) is 21.9 Å². The fourth-order valence-corrected chi connectivity index (χ4v) is 4.20. The molecule has 2 heterocycles. The number of rotatable bonds is 2. The first-order chi connectivity index (χ1) is 15.4. The summed E-state index contributed by atoms with van der Waals surface area (Å²) in [4.78, 5) is 20.9. The number of phenolic OH excluding ortho intramolecular Hbond substituents is 1. The van der Waals surface area contributed by atoms with E-state index in [-0.39, 0.29) is 33.2 Å². The third-order valence-corrected chi connectivity index (χ3v) is 5.81. The van der Waals surface area contributed by atoms with Crippen LogP contribution in [0.1, 0.15) is 12.8 Å². The van der Waals surface area contributed by atoms with Gasteiger partial charge in [-0.2, -0.15) is 4.98 Å². The summed E-state index contributed by atoms with van der Waals surface area (Å²) in [5.74, 6) is -0.779. The van der Waals surface area contributed by atoms with Gasteiger partial charge in [-0.25, -0.2) is 4.39 Å². The maximum atomic E-state index is 15.3. The van der Waals surface area contributed by atoms with Crippen molar-refractivity contribution in [2.75, 3.05) is 27.2 Å². The van der Waals surface area contributed by atoms with Crippen molar-refractivity contribution in [3.8, 4) is 22.9 Å².